The number of nitrogens with two attached hydrogens (primary N) is 1. The molecule has 0 amide bonds. The van der Waals surface area contributed by atoms with Crippen LogP contribution in [-0.4, -0.2) is 9.32 Å². The number of nitrogen functional groups attached to an aromatic ring is 1. The van der Waals surface area contributed by atoms with E-state index in [-0.39, 0.29) is 5.75 Å². The first-order valence-electron chi connectivity index (χ1n) is 5.27. The Hall–Kier alpha value is -1.52. The van der Waals surface area contributed by atoms with Gasteiger partial charge in [0.1, 0.15) is 5.75 Å². The van der Waals surface area contributed by atoms with Crippen LogP contribution in [-0.2, 0) is 16.6 Å². The highest BCUT2D eigenvalue weighted by atomic mass is 35.5. The molecular weight excluding hydrogens is 270 g/mol. The van der Waals surface area contributed by atoms with E-state index in [0.717, 1.165) is 5.56 Å². The number of benzene rings is 2. The smallest absolute Gasteiger partial charge is 0.115 e. The average Bonchev–Trinajstić information content (AvgIpc) is 2.28. The number of rotatable bonds is 3. The second-order valence-corrected chi connectivity index (χ2v) is 5.70. The fourth-order valence-electron chi connectivity index (χ4n) is 1.60. The zero-order valence-corrected chi connectivity index (χ0v) is 11.0. The first-order valence-corrected chi connectivity index (χ1v) is 6.97. The number of hydrogen-bond donors (Lipinski definition) is 2. The van der Waals surface area contributed by atoms with Gasteiger partial charge in [-0.3, -0.25) is 4.21 Å². The lowest BCUT2D eigenvalue weighted by molar-refractivity contribution is 0.475. The maximum atomic E-state index is 12.2. The van der Waals surface area contributed by atoms with Gasteiger partial charge in [0.2, 0.25) is 0 Å². The summed E-state index contributed by atoms with van der Waals surface area (Å²) in [5.74, 6) is 0.467. The molecule has 2 rings (SSSR count). The molecule has 0 aliphatic carbocycles. The number of phenols is 1. The molecule has 0 heterocycles. The highest BCUT2D eigenvalue weighted by Gasteiger charge is 2.09. The van der Waals surface area contributed by atoms with Crippen molar-refractivity contribution in [1.29, 1.82) is 0 Å². The van der Waals surface area contributed by atoms with Gasteiger partial charge in [-0.15, -0.1) is 0 Å². The van der Waals surface area contributed by atoms with Crippen LogP contribution in [0.25, 0.3) is 0 Å². The van der Waals surface area contributed by atoms with Gasteiger partial charge in [0.05, 0.1) is 21.4 Å². The third-order valence-corrected chi connectivity index (χ3v) is 4.12. The summed E-state index contributed by atoms with van der Waals surface area (Å²) in [6, 6.07) is 11.6. The molecule has 0 saturated carbocycles. The van der Waals surface area contributed by atoms with Crippen molar-refractivity contribution in [3.8, 4) is 5.75 Å². The molecule has 0 spiro atoms. The second-order valence-electron chi connectivity index (χ2n) is 3.84. The molecule has 1 atom stereocenters. The Morgan fingerprint density at radius 3 is 2.67 bits per heavy atom. The number of halogens is 1. The molecule has 0 aromatic heterocycles. The molecule has 18 heavy (non-hydrogen) atoms. The van der Waals surface area contributed by atoms with Crippen molar-refractivity contribution >= 4 is 28.1 Å². The highest BCUT2D eigenvalue weighted by molar-refractivity contribution is 7.84. The minimum absolute atomic E-state index is 0.161. The van der Waals surface area contributed by atoms with Gasteiger partial charge in [-0.25, -0.2) is 0 Å². The average molecular weight is 282 g/mol. The minimum atomic E-state index is -1.26. The molecule has 0 saturated heterocycles. The van der Waals surface area contributed by atoms with Crippen LogP contribution < -0.4 is 5.73 Å². The van der Waals surface area contributed by atoms with Gasteiger partial charge in [0.25, 0.3) is 0 Å². The van der Waals surface area contributed by atoms with Gasteiger partial charge in [0, 0.05) is 10.7 Å². The lowest BCUT2D eigenvalue weighted by atomic mass is 10.2. The van der Waals surface area contributed by atoms with Crippen LogP contribution in [0.2, 0.25) is 5.02 Å². The Labute approximate surface area is 113 Å². The lowest BCUT2D eigenvalue weighted by Gasteiger charge is -2.06. The standard InChI is InChI=1S/C13H12ClNO2S/c14-10-4-5-13(12(15)7-10)18(17)8-9-2-1-3-11(16)6-9/h1-7,16H,8,15H2. The van der Waals surface area contributed by atoms with E-state index in [1.165, 1.54) is 0 Å². The summed E-state index contributed by atoms with van der Waals surface area (Å²) < 4.78 is 12.2. The van der Waals surface area contributed by atoms with Gasteiger partial charge in [-0.1, -0.05) is 23.7 Å². The number of phenolic OH excluding ortho intramolecular Hbond substituents is 1. The van der Waals surface area contributed by atoms with Gasteiger partial charge >= 0.3 is 0 Å². The molecule has 0 aliphatic rings. The van der Waals surface area contributed by atoms with E-state index in [1.807, 2.05) is 6.07 Å². The van der Waals surface area contributed by atoms with Crippen molar-refractivity contribution in [2.75, 3.05) is 5.73 Å². The van der Waals surface area contributed by atoms with Crippen molar-refractivity contribution in [3.63, 3.8) is 0 Å². The van der Waals surface area contributed by atoms with E-state index >= 15 is 0 Å². The maximum Gasteiger partial charge on any atom is 0.115 e. The first-order chi connectivity index (χ1) is 8.56. The summed E-state index contributed by atoms with van der Waals surface area (Å²) >= 11 is 5.79. The molecule has 0 bridgehead atoms. The van der Waals surface area contributed by atoms with Crippen molar-refractivity contribution < 1.29 is 9.32 Å². The zero-order valence-electron chi connectivity index (χ0n) is 9.47. The molecule has 3 N–H and O–H groups in total. The Morgan fingerprint density at radius 2 is 2.00 bits per heavy atom. The largest absolute Gasteiger partial charge is 0.508 e. The highest BCUT2D eigenvalue weighted by Crippen LogP contribution is 2.23. The number of anilines is 1. The predicted octanol–water partition coefficient (Wildman–Crippen LogP) is 2.94. The van der Waals surface area contributed by atoms with Crippen LogP contribution in [0.3, 0.4) is 0 Å². The number of aromatic hydroxyl groups is 1. The van der Waals surface area contributed by atoms with Crippen LogP contribution in [0.1, 0.15) is 5.56 Å². The number of hydrogen-bond acceptors (Lipinski definition) is 3. The zero-order chi connectivity index (χ0) is 13.1. The fourth-order valence-corrected chi connectivity index (χ4v) is 2.96. The van der Waals surface area contributed by atoms with Gasteiger partial charge < -0.3 is 10.8 Å². The molecule has 0 aliphatic heterocycles. The van der Waals surface area contributed by atoms with E-state index in [1.54, 1.807) is 36.4 Å². The van der Waals surface area contributed by atoms with Crippen LogP contribution in [0, 0.1) is 0 Å². The minimum Gasteiger partial charge on any atom is -0.508 e. The van der Waals surface area contributed by atoms with Crippen LogP contribution >= 0.6 is 11.6 Å². The monoisotopic (exact) mass is 281 g/mol. The molecule has 5 heteroatoms. The second kappa shape index (κ2) is 5.42. The van der Waals surface area contributed by atoms with Crippen molar-refractivity contribution in [3.05, 3.63) is 53.1 Å². The lowest BCUT2D eigenvalue weighted by Crippen LogP contribution is -2.00. The fraction of sp³-hybridized carbons (Fsp3) is 0.0769. The molecule has 0 radical (unpaired) electrons. The first kappa shape index (κ1) is 12.9. The van der Waals surface area contributed by atoms with Crippen LogP contribution in [0.5, 0.6) is 5.75 Å². The summed E-state index contributed by atoms with van der Waals surface area (Å²) in [5, 5.41) is 9.87. The normalized spacial score (nSPS) is 12.3. The van der Waals surface area contributed by atoms with Crippen molar-refractivity contribution in [2.24, 2.45) is 0 Å². The molecule has 2 aromatic carbocycles. The third-order valence-electron chi connectivity index (χ3n) is 2.43. The summed E-state index contributed by atoms with van der Waals surface area (Å²) in [4.78, 5) is 0.558. The van der Waals surface area contributed by atoms with E-state index in [2.05, 4.69) is 0 Å². The maximum absolute atomic E-state index is 12.2. The van der Waals surface area contributed by atoms with Crippen LogP contribution in [0.4, 0.5) is 5.69 Å². The Kier molecular flexibility index (Phi) is 3.89. The molecular formula is C13H12ClNO2S. The Bertz CT molecular complexity index is 601. The van der Waals surface area contributed by atoms with E-state index in [4.69, 9.17) is 17.3 Å². The Balaban J connectivity index is 2.22. The summed E-state index contributed by atoms with van der Waals surface area (Å²) in [6.07, 6.45) is 0. The van der Waals surface area contributed by atoms with Gasteiger partial charge in [-0.2, -0.15) is 0 Å². The molecule has 94 valence electrons. The Morgan fingerprint density at radius 1 is 1.22 bits per heavy atom. The molecule has 1 unspecified atom stereocenters. The van der Waals surface area contributed by atoms with Crippen LogP contribution in [0.15, 0.2) is 47.4 Å². The topological polar surface area (TPSA) is 63.3 Å². The van der Waals surface area contributed by atoms with E-state index < -0.39 is 10.8 Å². The van der Waals surface area contributed by atoms with Crippen molar-refractivity contribution in [2.45, 2.75) is 10.6 Å². The third kappa shape index (κ3) is 3.03. The predicted molar refractivity (Wildman–Crippen MR) is 74.1 cm³/mol. The van der Waals surface area contributed by atoms with E-state index in [0.29, 0.717) is 21.4 Å². The quantitative estimate of drug-likeness (QED) is 0.850. The van der Waals surface area contributed by atoms with E-state index in [9.17, 15) is 9.32 Å². The summed E-state index contributed by atoms with van der Waals surface area (Å²) in [7, 11) is -1.26. The SMILES string of the molecule is Nc1cc(Cl)ccc1S(=O)Cc1cccc(O)c1. The molecule has 0 fully saturated rings. The summed E-state index contributed by atoms with van der Waals surface area (Å²) in [6.45, 7) is 0. The molecule has 3 nitrogen and oxygen atoms in total. The van der Waals surface area contributed by atoms with Gasteiger partial charge in [-0.05, 0) is 35.9 Å². The molecule has 2 aromatic rings. The van der Waals surface area contributed by atoms with Crippen molar-refractivity contribution in [1.82, 2.24) is 0 Å². The van der Waals surface area contributed by atoms with Gasteiger partial charge in [0.15, 0.2) is 0 Å². The summed E-state index contributed by atoms with van der Waals surface area (Å²) in [5.41, 5.74) is 6.99.